The van der Waals surface area contributed by atoms with Crippen molar-refractivity contribution in [3.05, 3.63) is 52.2 Å². The van der Waals surface area contributed by atoms with Crippen LogP contribution in [-0.2, 0) is 6.42 Å². The first-order chi connectivity index (χ1) is 12.2. The lowest BCUT2D eigenvalue weighted by atomic mass is 10.2. The second kappa shape index (κ2) is 8.29. The van der Waals surface area contributed by atoms with Gasteiger partial charge in [0.25, 0.3) is 0 Å². The number of nitrogens with zero attached hydrogens (tertiary/aromatic N) is 3. The molecule has 0 bridgehead atoms. The molecule has 1 aliphatic rings. The van der Waals surface area contributed by atoms with Gasteiger partial charge >= 0.3 is 0 Å². The van der Waals surface area contributed by atoms with E-state index in [1.54, 1.807) is 18.4 Å². The molecule has 0 atom stereocenters. The first kappa shape index (κ1) is 17.7. The first-order valence-electron chi connectivity index (χ1n) is 8.34. The highest BCUT2D eigenvalue weighted by molar-refractivity contribution is 7.07. The van der Waals surface area contributed by atoms with E-state index in [2.05, 4.69) is 32.0 Å². The van der Waals surface area contributed by atoms with Crippen molar-refractivity contribution in [2.45, 2.75) is 6.42 Å². The molecule has 0 unspecified atom stereocenters. The van der Waals surface area contributed by atoms with Crippen LogP contribution in [0.3, 0.4) is 0 Å². The Hall–Kier alpha value is -2.15. The summed E-state index contributed by atoms with van der Waals surface area (Å²) in [6, 6.07) is 5.72. The van der Waals surface area contributed by atoms with Crippen molar-refractivity contribution in [2.24, 2.45) is 4.99 Å². The molecule has 134 valence electrons. The number of nitrogens with one attached hydrogen (secondary N) is 1. The van der Waals surface area contributed by atoms with Crippen molar-refractivity contribution in [1.82, 2.24) is 10.2 Å². The molecule has 0 saturated carbocycles. The van der Waals surface area contributed by atoms with E-state index < -0.39 is 5.82 Å². The topological polar surface area (TPSA) is 30.9 Å². The Morgan fingerprint density at radius 3 is 2.68 bits per heavy atom. The van der Waals surface area contributed by atoms with Gasteiger partial charge < -0.3 is 15.1 Å². The Morgan fingerprint density at radius 1 is 1.20 bits per heavy atom. The van der Waals surface area contributed by atoms with Gasteiger partial charge in [0.1, 0.15) is 11.6 Å². The van der Waals surface area contributed by atoms with Gasteiger partial charge in [0.15, 0.2) is 5.96 Å². The maximum absolute atomic E-state index is 13.9. The zero-order chi connectivity index (χ0) is 17.6. The van der Waals surface area contributed by atoms with E-state index in [1.165, 1.54) is 17.7 Å². The molecule has 1 fully saturated rings. The number of halogens is 2. The smallest absolute Gasteiger partial charge is 0.193 e. The third-order valence-corrected chi connectivity index (χ3v) is 5.05. The molecule has 7 heteroatoms. The molecule has 3 rings (SSSR count). The molecule has 2 heterocycles. The third-order valence-electron chi connectivity index (χ3n) is 4.32. The highest BCUT2D eigenvalue weighted by Crippen LogP contribution is 2.21. The lowest BCUT2D eigenvalue weighted by Crippen LogP contribution is -2.53. The Labute approximate surface area is 150 Å². The molecular weight excluding hydrogens is 342 g/mol. The summed E-state index contributed by atoms with van der Waals surface area (Å²) in [7, 11) is 1.77. The van der Waals surface area contributed by atoms with Gasteiger partial charge in [-0.2, -0.15) is 11.3 Å². The van der Waals surface area contributed by atoms with Crippen LogP contribution >= 0.6 is 11.3 Å². The Kier molecular flexibility index (Phi) is 5.86. The van der Waals surface area contributed by atoms with E-state index in [0.717, 1.165) is 25.0 Å². The number of guanidine groups is 1. The van der Waals surface area contributed by atoms with Gasteiger partial charge in [0.05, 0.1) is 5.69 Å². The van der Waals surface area contributed by atoms with Crippen LogP contribution < -0.4 is 10.2 Å². The number of piperazine rings is 1. The van der Waals surface area contributed by atoms with Gasteiger partial charge in [-0.15, -0.1) is 0 Å². The fourth-order valence-electron chi connectivity index (χ4n) is 2.97. The average Bonchev–Trinajstić information content (AvgIpc) is 3.15. The molecule has 1 aromatic heterocycles. The molecule has 2 aromatic rings. The van der Waals surface area contributed by atoms with Crippen molar-refractivity contribution in [3.63, 3.8) is 0 Å². The second-order valence-electron chi connectivity index (χ2n) is 5.93. The lowest BCUT2D eigenvalue weighted by Gasteiger charge is -2.37. The number of thiophene rings is 1. The summed E-state index contributed by atoms with van der Waals surface area (Å²) in [4.78, 5) is 8.38. The number of rotatable bonds is 4. The van der Waals surface area contributed by atoms with Crippen molar-refractivity contribution < 1.29 is 8.78 Å². The summed E-state index contributed by atoms with van der Waals surface area (Å²) in [5, 5.41) is 7.61. The normalized spacial score (nSPS) is 15.6. The predicted octanol–water partition coefficient (Wildman–Crippen LogP) is 2.97. The summed E-state index contributed by atoms with van der Waals surface area (Å²) in [6.45, 7) is 3.52. The van der Waals surface area contributed by atoms with E-state index in [4.69, 9.17) is 0 Å². The zero-order valence-corrected chi connectivity index (χ0v) is 15.0. The quantitative estimate of drug-likeness (QED) is 0.668. The molecule has 1 aliphatic heterocycles. The average molecular weight is 364 g/mol. The van der Waals surface area contributed by atoms with Crippen molar-refractivity contribution in [2.75, 3.05) is 44.7 Å². The van der Waals surface area contributed by atoms with Crippen LogP contribution in [0, 0.1) is 11.6 Å². The minimum absolute atomic E-state index is 0.333. The van der Waals surface area contributed by atoms with E-state index in [9.17, 15) is 8.78 Å². The molecule has 1 aromatic carbocycles. The van der Waals surface area contributed by atoms with E-state index >= 15 is 0 Å². The molecule has 0 amide bonds. The van der Waals surface area contributed by atoms with Gasteiger partial charge in [-0.05, 0) is 40.9 Å². The maximum Gasteiger partial charge on any atom is 0.193 e. The van der Waals surface area contributed by atoms with Crippen LogP contribution in [0.15, 0.2) is 40.0 Å². The van der Waals surface area contributed by atoms with Gasteiger partial charge in [0, 0.05) is 45.8 Å². The summed E-state index contributed by atoms with van der Waals surface area (Å²) < 4.78 is 27.3. The van der Waals surface area contributed by atoms with E-state index in [0.29, 0.717) is 31.9 Å². The van der Waals surface area contributed by atoms with Crippen molar-refractivity contribution in [1.29, 1.82) is 0 Å². The first-order valence-corrected chi connectivity index (χ1v) is 9.28. The van der Waals surface area contributed by atoms with Crippen LogP contribution in [-0.4, -0.2) is 50.6 Å². The SMILES string of the molecule is CN=C(NCCc1ccsc1)N1CCN(c2cc(F)ccc2F)CC1. The van der Waals surface area contributed by atoms with Crippen LogP contribution in [0.2, 0.25) is 0 Å². The van der Waals surface area contributed by atoms with Gasteiger partial charge in [0.2, 0.25) is 0 Å². The number of aliphatic imine (C=N–C) groups is 1. The van der Waals surface area contributed by atoms with Crippen LogP contribution in [0.25, 0.3) is 0 Å². The van der Waals surface area contributed by atoms with Gasteiger partial charge in [-0.1, -0.05) is 0 Å². The third kappa shape index (κ3) is 4.48. The molecule has 0 radical (unpaired) electrons. The molecule has 1 saturated heterocycles. The second-order valence-corrected chi connectivity index (χ2v) is 6.71. The van der Waals surface area contributed by atoms with Crippen LogP contribution in [0.4, 0.5) is 14.5 Å². The molecular formula is C18H22F2N4S. The van der Waals surface area contributed by atoms with Crippen LogP contribution in [0.5, 0.6) is 0 Å². The fourth-order valence-corrected chi connectivity index (χ4v) is 3.68. The van der Waals surface area contributed by atoms with Gasteiger partial charge in [-0.3, -0.25) is 4.99 Å². The van der Waals surface area contributed by atoms with Crippen LogP contribution in [0.1, 0.15) is 5.56 Å². The highest BCUT2D eigenvalue weighted by atomic mass is 32.1. The number of benzene rings is 1. The number of anilines is 1. The van der Waals surface area contributed by atoms with Crippen molar-refractivity contribution >= 4 is 23.0 Å². The minimum atomic E-state index is -0.412. The molecule has 4 nitrogen and oxygen atoms in total. The predicted molar refractivity (Wildman–Crippen MR) is 99.5 cm³/mol. The molecule has 1 N–H and O–H groups in total. The standard InChI is InChI=1S/C18H22F2N4S/c1-21-18(22-6-4-14-5-11-25-13-14)24-9-7-23(8-10-24)17-12-15(19)2-3-16(17)20/h2-3,5,11-13H,4,6-10H2,1H3,(H,21,22). The largest absolute Gasteiger partial charge is 0.366 e. The zero-order valence-electron chi connectivity index (χ0n) is 14.2. The maximum atomic E-state index is 13.9. The van der Waals surface area contributed by atoms with Gasteiger partial charge in [-0.25, -0.2) is 8.78 Å². The fraction of sp³-hybridized carbons (Fsp3) is 0.389. The van der Waals surface area contributed by atoms with E-state index in [-0.39, 0.29) is 5.82 Å². The number of hydrogen-bond acceptors (Lipinski definition) is 3. The van der Waals surface area contributed by atoms with E-state index in [1.807, 2.05) is 4.90 Å². The molecule has 25 heavy (non-hydrogen) atoms. The Balaban J connectivity index is 1.52. The summed E-state index contributed by atoms with van der Waals surface area (Å²) in [6.07, 6.45) is 0.955. The van der Waals surface area contributed by atoms with Crippen molar-refractivity contribution in [3.8, 4) is 0 Å². The minimum Gasteiger partial charge on any atom is -0.366 e. The highest BCUT2D eigenvalue weighted by Gasteiger charge is 2.21. The molecule has 0 spiro atoms. The number of hydrogen-bond donors (Lipinski definition) is 1. The monoisotopic (exact) mass is 364 g/mol. The molecule has 0 aliphatic carbocycles. The summed E-state index contributed by atoms with van der Waals surface area (Å²) >= 11 is 1.70. The lowest BCUT2D eigenvalue weighted by molar-refractivity contribution is 0.371. The summed E-state index contributed by atoms with van der Waals surface area (Å²) in [5.74, 6) is 0.0625. The Bertz CT molecular complexity index is 710. The summed E-state index contributed by atoms with van der Waals surface area (Å²) in [5.41, 5.74) is 1.65. The Morgan fingerprint density at radius 2 is 2.00 bits per heavy atom.